The minimum atomic E-state index is -0.571. The van der Waals surface area contributed by atoms with Gasteiger partial charge in [-0.25, -0.2) is 5.48 Å². The number of rotatable bonds is 12. The minimum absolute atomic E-state index is 0.00458. The van der Waals surface area contributed by atoms with Crippen LogP contribution in [0.3, 0.4) is 0 Å². The van der Waals surface area contributed by atoms with E-state index in [9.17, 15) is 20.1 Å². The predicted molar refractivity (Wildman–Crippen MR) is 112 cm³/mol. The fourth-order valence-electron chi connectivity index (χ4n) is 4.30. The van der Waals surface area contributed by atoms with E-state index in [1.807, 2.05) is 36.4 Å². The Morgan fingerprint density at radius 1 is 1.03 bits per heavy atom. The first kappa shape index (κ1) is 23.5. The van der Waals surface area contributed by atoms with Gasteiger partial charge in [-0.05, 0) is 49.5 Å². The molecule has 1 saturated carbocycles. The van der Waals surface area contributed by atoms with Crippen LogP contribution in [0, 0.1) is 11.8 Å². The summed E-state index contributed by atoms with van der Waals surface area (Å²) >= 11 is 0. The summed E-state index contributed by atoms with van der Waals surface area (Å²) in [4.78, 5) is 11.0. The van der Waals surface area contributed by atoms with E-state index in [4.69, 9.17) is 5.21 Å². The first-order valence-corrected chi connectivity index (χ1v) is 10.7. The van der Waals surface area contributed by atoms with Crippen LogP contribution >= 0.6 is 0 Å². The third-order valence-electron chi connectivity index (χ3n) is 5.94. The zero-order valence-corrected chi connectivity index (χ0v) is 17.0. The summed E-state index contributed by atoms with van der Waals surface area (Å²) in [7, 11) is 0. The fraction of sp³-hybridized carbons (Fsp3) is 0.609. The number of amides is 1. The summed E-state index contributed by atoms with van der Waals surface area (Å²) in [5, 5.41) is 39.4. The van der Waals surface area contributed by atoms with Gasteiger partial charge in [0.1, 0.15) is 0 Å². The molecule has 1 aromatic rings. The molecule has 1 unspecified atom stereocenters. The summed E-state index contributed by atoms with van der Waals surface area (Å²) in [5.74, 6) is -0.305. The van der Waals surface area contributed by atoms with E-state index in [1.165, 1.54) is 0 Å². The second-order valence-corrected chi connectivity index (χ2v) is 8.10. The van der Waals surface area contributed by atoms with E-state index in [1.54, 1.807) is 11.6 Å². The molecule has 1 fully saturated rings. The summed E-state index contributed by atoms with van der Waals surface area (Å²) in [6.07, 6.45) is 8.41. The molecule has 0 bridgehead atoms. The summed E-state index contributed by atoms with van der Waals surface area (Å²) in [6, 6.07) is 9.81. The van der Waals surface area contributed by atoms with Crippen molar-refractivity contribution in [2.75, 3.05) is 0 Å². The molecule has 5 N–H and O–H groups in total. The lowest BCUT2D eigenvalue weighted by atomic mass is 9.85. The van der Waals surface area contributed by atoms with Crippen molar-refractivity contribution in [2.24, 2.45) is 11.8 Å². The Hall–Kier alpha value is -1.73. The molecule has 0 aliphatic heterocycles. The Morgan fingerprint density at radius 2 is 1.69 bits per heavy atom. The van der Waals surface area contributed by atoms with Crippen LogP contribution in [-0.2, 0) is 4.79 Å². The predicted octanol–water partition coefficient (Wildman–Crippen LogP) is 3.04. The largest absolute Gasteiger partial charge is 0.393 e. The third-order valence-corrected chi connectivity index (χ3v) is 5.94. The van der Waals surface area contributed by atoms with Crippen LogP contribution in [0.1, 0.15) is 63.4 Å². The Labute approximate surface area is 173 Å². The van der Waals surface area contributed by atoms with Crippen LogP contribution in [0.2, 0.25) is 0 Å². The Kier molecular flexibility index (Phi) is 10.4. The number of hydroxylamine groups is 1. The molecule has 1 amide bonds. The maximum absolute atomic E-state index is 11.0. The fourth-order valence-corrected chi connectivity index (χ4v) is 4.30. The first-order chi connectivity index (χ1) is 14.0. The maximum atomic E-state index is 11.0. The van der Waals surface area contributed by atoms with Gasteiger partial charge in [-0.15, -0.1) is 0 Å². The highest BCUT2D eigenvalue weighted by molar-refractivity contribution is 5.74. The van der Waals surface area contributed by atoms with Crippen molar-refractivity contribution in [1.82, 2.24) is 5.48 Å². The molecule has 0 saturated heterocycles. The van der Waals surface area contributed by atoms with Gasteiger partial charge in [0, 0.05) is 6.42 Å². The topological polar surface area (TPSA) is 110 Å². The van der Waals surface area contributed by atoms with Gasteiger partial charge in [-0.1, -0.05) is 61.7 Å². The molecule has 1 aromatic carbocycles. The summed E-state index contributed by atoms with van der Waals surface area (Å²) < 4.78 is 0. The number of hydrogen-bond acceptors (Lipinski definition) is 5. The number of aliphatic hydroxyl groups is 3. The molecular formula is C23H35NO5. The molecule has 5 atom stereocenters. The van der Waals surface area contributed by atoms with Gasteiger partial charge in [0.2, 0.25) is 5.91 Å². The number of unbranched alkanes of at least 4 members (excludes halogenated alkanes) is 3. The lowest BCUT2D eigenvalue weighted by Gasteiger charge is -2.24. The first-order valence-electron chi connectivity index (χ1n) is 10.7. The van der Waals surface area contributed by atoms with E-state index in [0.29, 0.717) is 25.7 Å². The van der Waals surface area contributed by atoms with Gasteiger partial charge in [0.15, 0.2) is 0 Å². The number of hydrogen-bond donors (Lipinski definition) is 5. The minimum Gasteiger partial charge on any atom is -0.393 e. The molecule has 0 spiro atoms. The molecule has 2 rings (SSSR count). The molecule has 1 aliphatic rings. The van der Waals surface area contributed by atoms with Gasteiger partial charge in [-0.3, -0.25) is 10.0 Å². The Balaban J connectivity index is 1.72. The van der Waals surface area contributed by atoms with Crippen LogP contribution in [0.5, 0.6) is 0 Å². The quantitative estimate of drug-likeness (QED) is 0.209. The number of carbonyl (C=O) groups is 1. The highest BCUT2D eigenvalue weighted by Gasteiger charge is 2.40. The average Bonchev–Trinajstić information content (AvgIpc) is 3.00. The maximum Gasteiger partial charge on any atom is 0.243 e. The number of aliphatic hydroxyl groups excluding tert-OH is 3. The molecule has 29 heavy (non-hydrogen) atoms. The molecule has 0 radical (unpaired) electrons. The van der Waals surface area contributed by atoms with Gasteiger partial charge in [0.25, 0.3) is 0 Å². The molecule has 1 aliphatic carbocycles. The second-order valence-electron chi connectivity index (χ2n) is 8.10. The van der Waals surface area contributed by atoms with Crippen LogP contribution in [0.4, 0.5) is 0 Å². The molecule has 6 heteroatoms. The molecular weight excluding hydrogens is 370 g/mol. The van der Waals surface area contributed by atoms with Gasteiger partial charge < -0.3 is 15.3 Å². The van der Waals surface area contributed by atoms with E-state index in [-0.39, 0.29) is 17.7 Å². The number of benzene rings is 1. The van der Waals surface area contributed by atoms with E-state index < -0.39 is 18.3 Å². The Morgan fingerprint density at radius 3 is 2.38 bits per heavy atom. The van der Waals surface area contributed by atoms with Gasteiger partial charge in [0.05, 0.1) is 18.3 Å². The van der Waals surface area contributed by atoms with Crippen LogP contribution in [0.15, 0.2) is 36.4 Å². The lowest BCUT2D eigenvalue weighted by Crippen LogP contribution is -2.23. The smallest absolute Gasteiger partial charge is 0.243 e. The van der Waals surface area contributed by atoms with Crippen molar-refractivity contribution in [3.63, 3.8) is 0 Å². The number of carbonyl (C=O) groups excluding carboxylic acids is 1. The molecule has 0 aromatic heterocycles. The standard InChI is InChI=1S/C23H35NO5/c25-18(13-12-17-8-4-3-5-9-17)14-15-20-19(21(26)16-22(20)27)10-6-1-2-7-11-23(28)24-29/h3-5,8-9,12-13,18-22,25-27,29H,1-2,6-7,10-11,14-16H2,(H,24,28)/t18?,19-,20-,21+,22-/m1/s1. The highest BCUT2D eigenvalue weighted by Crippen LogP contribution is 2.39. The van der Waals surface area contributed by atoms with Crippen molar-refractivity contribution < 1.29 is 25.3 Å². The van der Waals surface area contributed by atoms with Crippen LogP contribution < -0.4 is 5.48 Å². The van der Waals surface area contributed by atoms with Crippen LogP contribution in [-0.4, -0.2) is 44.7 Å². The van der Waals surface area contributed by atoms with E-state index >= 15 is 0 Å². The zero-order chi connectivity index (χ0) is 21.1. The summed E-state index contributed by atoms with van der Waals surface area (Å²) in [5.41, 5.74) is 2.67. The van der Waals surface area contributed by atoms with Crippen LogP contribution in [0.25, 0.3) is 6.08 Å². The normalized spacial score (nSPS) is 25.4. The zero-order valence-electron chi connectivity index (χ0n) is 17.0. The van der Waals surface area contributed by atoms with Crippen molar-refractivity contribution in [2.45, 2.75) is 76.1 Å². The summed E-state index contributed by atoms with van der Waals surface area (Å²) in [6.45, 7) is 0. The van der Waals surface area contributed by atoms with E-state index in [2.05, 4.69) is 0 Å². The van der Waals surface area contributed by atoms with Gasteiger partial charge in [-0.2, -0.15) is 0 Å². The van der Waals surface area contributed by atoms with Gasteiger partial charge >= 0.3 is 0 Å². The molecule has 0 heterocycles. The van der Waals surface area contributed by atoms with Crippen molar-refractivity contribution >= 4 is 12.0 Å². The van der Waals surface area contributed by atoms with Crippen molar-refractivity contribution in [1.29, 1.82) is 0 Å². The SMILES string of the molecule is O=C(CCCCCC[C@@H]1[C@@H](CCC(O)C=Cc2ccccc2)[C@H](O)C[C@@H]1O)NO. The van der Waals surface area contributed by atoms with Crippen molar-refractivity contribution in [3.05, 3.63) is 42.0 Å². The van der Waals surface area contributed by atoms with E-state index in [0.717, 1.165) is 37.7 Å². The highest BCUT2D eigenvalue weighted by atomic mass is 16.5. The second kappa shape index (κ2) is 12.8. The lowest BCUT2D eigenvalue weighted by molar-refractivity contribution is -0.129. The molecule has 162 valence electrons. The average molecular weight is 406 g/mol. The number of nitrogens with one attached hydrogen (secondary N) is 1. The Bertz CT molecular complexity index is 621. The molecule has 6 nitrogen and oxygen atoms in total. The third kappa shape index (κ3) is 8.26. The monoisotopic (exact) mass is 405 g/mol. The van der Waals surface area contributed by atoms with Crippen molar-refractivity contribution in [3.8, 4) is 0 Å².